The van der Waals surface area contributed by atoms with Gasteiger partial charge in [-0.2, -0.15) is 0 Å². The van der Waals surface area contributed by atoms with E-state index in [9.17, 15) is 9.59 Å². The standard InChI is InChI=1S/C20H23ClN4O2/c1-24(12-14-9-10-25(13-14)16-5-3-2-4-6-16)20(27)23-15-7-8-17(19(22)26)18(21)11-15/h2-8,11,14H,9-10,12-13H2,1H3,(H2,22,26)(H,23,27). The van der Waals surface area contributed by atoms with Crippen molar-refractivity contribution in [2.75, 3.05) is 36.9 Å². The Kier molecular flexibility index (Phi) is 5.86. The van der Waals surface area contributed by atoms with Gasteiger partial charge in [-0.15, -0.1) is 0 Å². The number of nitrogens with zero attached hydrogens (tertiary/aromatic N) is 2. The number of rotatable bonds is 5. The van der Waals surface area contributed by atoms with Crippen LogP contribution in [0.5, 0.6) is 0 Å². The topological polar surface area (TPSA) is 78.7 Å². The van der Waals surface area contributed by atoms with E-state index in [1.807, 2.05) is 18.2 Å². The Labute approximate surface area is 163 Å². The molecule has 3 amide bonds. The van der Waals surface area contributed by atoms with Gasteiger partial charge in [0, 0.05) is 38.1 Å². The number of nitrogens with two attached hydrogens (primary N) is 1. The summed E-state index contributed by atoms with van der Waals surface area (Å²) in [6.07, 6.45) is 1.05. The van der Waals surface area contributed by atoms with Crippen LogP contribution in [0.25, 0.3) is 0 Å². The second-order valence-electron chi connectivity index (χ2n) is 6.81. The number of hydrogen-bond acceptors (Lipinski definition) is 3. The summed E-state index contributed by atoms with van der Waals surface area (Å²) in [7, 11) is 1.78. The van der Waals surface area contributed by atoms with Crippen LogP contribution in [0, 0.1) is 5.92 Å². The predicted octanol–water partition coefficient (Wildman–Crippen LogP) is 3.43. The zero-order chi connectivity index (χ0) is 19.4. The van der Waals surface area contributed by atoms with Crippen molar-refractivity contribution >= 4 is 34.9 Å². The first kappa shape index (κ1) is 19.0. The number of anilines is 2. The average Bonchev–Trinajstić information content (AvgIpc) is 3.10. The number of primary amides is 1. The molecule has 0 saturated carbocycles. The number of halogens is 1. The van der Waals surface area contributed by atoms with Crippen LogP contribution >= 0.6 is 11.6 Å². The lowest BCUT2D eigenvalue weighted by molar-refractivity contribution is 0.100. The first-order valence-electron chi connectivity index (χ1n) is 8.85. The van der Waals surface area contributed by atoms with Gasteiger partial charge in [0.05, 0.1) is 10.6 Å². The van der Waals surface area contributed by atoms with Gasteiger partial charge in [0.1, 0.15) is 0 Å². The van der Waals surface area contributed by atoms with Gasteiger partial charge in [-0.3, -0.25) is 4.79 Å². The molecule has 1 unspecified atom stereocenters. The van der Waals surface area contributed by atoms with Gasteiger partial charge < -0.3 is 20.9 Å². The molecule has 0 bridgehead atoms. The van der Waals surface area contributed by atoms with Crippen LogP contribution in [-0.2, 0) is 0 Å². The minimum Gasteiger partial charge on any atom is -0.371 e. The molecule has 0 aromatic heterocycles. The number of benzene rings is 2. The van der Waals surface area contributed by atoms with Crippen molar-refractivity contribution in [1.29, 1.82) is 0 Å². The van der Waals surface area contributed by atoms with Crippen LogP contribution < -0.4 is 16.0 Å². The van der Waals surface area contributed by atoms with E-state index in [-0.39, 0.29) is 16.6 Å². The summed E-state index contributed by atoms with van der Waals surface area (Å²) < 4.78 is 0. The number of hydrogen-bond donors (Lipinski definition) is 2. The third-order valence-electron chi connectivity index (χ3n) is 4.77. The molecule has 3 N–H and O–H groups in total. The van der Waals surface area contributed by atoms with Crippen LogP contribution in [0.1, 0.15) is 16.8 Å². The van der Waals surface area contributed by atoms with Crippen LogP contribution in [0.3, 0.4) is 0 Å². The molecule has 3 rings (SSSR count). The zero-order valence-corrected chi connectivity index (χ0v) is 15.9. The Bertz CT molecular complexity index is 828. The first-order valence-corrected chi connectivity index (χ1v) is 9.23. The average molecular weight is 387 g/mol. The highest BCUT2D eigenvalue weighted by molar-refractivity contribution is 6.34. The summed E-state index contributed by atoms with van der Waals surface area (Å²) in [4.78, 5) is 27.7. The summed E-state index contributed by atoms with van der Waals surface area (Å²) in [5, 5.41) is 3.02. The van der Waals surface area contributed by atoms with E-state index in [1.165, 1.54) is 17.8 Å². The number of carbonyl (C=O) groups excluding carboxylic acids is 2. The van der Waals surface area contributed by atoms with Gasteiger partial charge in [-0.05, 0) is 42.7 Å². The monoisotopic (exact) mass is 386 g/mol. The zero-order valence-electron chi connectivity index (χ0n) is 15.2. The largest absolute Gasteiger partial charge is 0.371 e. The fourth-order valence-electron chi connectivity index (χ4n) is 3.34. The van der Waals surface area contributed by atoms with E-state index in [4.69, 9.17) is 17.3 Å². The quantitative estimate of drug-likeness (QED) is 0.826. The molecule has 2 aromatic rings. The van der Waals surface area contributed by atoms with Crippen molar-refractivity contribution in [2.45, 2.75) is 6.42 Å². The van der Waals surface area contributed by atoms with E-state index >= 15 is 0 Å². The van der Waals surface area contributed by atoms with E-state index in [2.05, 4.69) is 22.3 Å². The van der Waals surface area contributed by atoms with Gasteiger partial charge in [-0.25, -0.2) is 4.79 Å². The second-order valence-corrected chi connectivity index (χ2v) is 7.21. The highest BCUT2D eigenvalue weighted by Crippen LogP contribution is 2.24. The Morgan fingerprint density at radius 3 is 2.67 bits per heavy atom. The molecule has 0 spiro atoms. The number of amides is 3. The van der Waals surface area contributed by atoms with Gasteiger partial charge in [0.2, 0.25) is 5.91 Å². The molecular weight excluding hydrogens is 364 g/mol. The molecule has 1 aliphatic rings. The fraction of sp³-hybridized carbons (Fsp3) is 0.300. The second kappa shape index (κ2) is 8.31. The van der Waals surface area contributed by atoms with Crippen LogP contribution in [0.4, 0.5) is 16.2 Å². The normalized spacial score (nSPS) is 16.2. The molecular formula is C20H23ClN4O2. The van der Waals surface area contributed by atoms with Gasteiger partial charge in [0.15, 0.2) is 0 Å². The molecule has 6 nitrogen and oxygen atoms in total. The van der Waals surface area contributed by atoms with E-state index in [0.717, 1.165) is 19.5 Å². The maximum absolute atomic E-state index is 12.4. The minimum atomic E-state index is -0.598. The minimum absolute atomic E-state index is 0.212. The summed E-state index contributed by atoms with van der Waals surface area (Å²) in [6, 6.07) is 14.7. The van der Waals surface area contributed by atoms with Crippen molar-refractivity contribution in [3.05, 3.63) is 59.1 Å². The van der Waals surface area contributed by atoms with Gasteiger partial charge >= 0.3 is 6.03 Å². The van der Waals surface area contributed by atoms with E-state index in [1.54, 1.807) is 18.0 Å². The maximum atomic E-state index is 12.4. The molecule has 2 aromatic carbocycles. The van der Waals surface area contributed by atoms with Crippen molar-refractivity contribution in [3.8, 4) is 0 Å². The van der Waals surface area contributed by atoms with Gasteiger partial charge in [-0.1, -0.05) is 29.8 Å². The molecule has 1 fully saturated rings. The molecule has 1 aliphatic heterocycles. The van der Waals surface area contributed by atoms with Crippen molar-refractivity contribution < 1.29 is 9.59 Å². The lowest BCUT2D eigenvalue weighted by Gasteiger charge is -2.23. The van der Waals surface area contributed by atoms with Crippen LogP contribution in [0.2, 0.25) is 5.02 Å². The molecule has 1 heterocycles. The Morgan fingerprint density at radius 2 is 2.00 bits per heavy atom. The van der Waals surface area contributed by atoms with Crippen LogP contribution in [-0.4, -0.2) is 43.5 Å². The molecule has 0 radical (unpaired) electrons. The lowest BCUT2D eigenvalue weighted by atomic mass is 10.1. The van der Waals surface area contributed by atoms with Crippen molar-refractivity contribution in [2.24, 2.45) is 11.7 Å². The Balaban J connectivity index is 1.54. The Morgan fingerprint density at radius 1 is 1.26 bits per heavy atom. The van der Waals surface area contributed by atoms with Crippen LogP contribution in [0.15, 0.2) is 48.5 Å². The molecule has 0 aliphatic carbocycles. The molecule has 7 heteroatoms. The number of nitrogens with one attached hydrogen (secondary N) is 1. The summed E-state index contributed by atoms with van der Waals surface area (Å²) in [6.45, 7) is 2.59. The number of para-hydroxylation sites is 1. The summed E-state index contributed by atoms with van der Waals surface area (Å²) in [5.74, 6) is -0.180. The number of carbonyl (C=O) groups is 2. The molecule has 1 atom stereocenters. The number of urea groups is 1. The maximum Gasteiger partial charge on any atom is 0.321 e. The van der Waals surface area contributed by atoms with Gasteiger partial charge in [0.25, 0.3) is 0 Å². The molecule has 1 saturated heterocycles. The summed E-state index contributed by atoms with van der Waals surface area (Å²) >= 11 is 6.03. The lowest BCUT2D eigenvalue weighted by Crippen LogP contribution is -2.36. The SMILES string of the molecule is CN(CC1CCN(c2ccccc2)C1)C(=O)Nc1ccc(C(N)=O)c(Cl)c1. The summed E-state index contributed by atoms with van der Waals surface area (Å²) in [5.41, 5.74) is 7.21. The third kappa shape index (κ3) is 4.71. The van der Waals surface area contributed by atoms with E-state index in [0.29, 0.717) is 18.2 Å². The predicted molar refractivity (Wildman–Crippen MR) is 108 cm³/mol. The first-order chi connectivity index (χ1) is 12.9. The smallest absolute Gasteiger partial charge is 0.321 e. The molecule has 27 heavy (non-hydrogen) atoms. The Hall–Kier alpha value is -2.73. The van der Waals surface area contributed by atoms with Crippen molar-refractivity contribution in [3.63, 3.8) is 0 Å². The van der Waals surface area contributed by atoms with E-state index < -0.39 is 5.91 Å². The third-order valence-corrected chi connectivity index (χ3v) is 5.08. The molecule has 142 valence electrons. The fourth-order valence-corrected chi connectivity index (χ4v) is 3.61. The van der Waals surface area contributed by atoms with Crippen molar-refractivity contribution in [1.82, 2.24) is 4.90 Å². The highest BCUT2D eigenvalue weighted by Gasteiger charge is 2.25. The highest BCUT2D eigenvalue weighted by atomic mass is 35.5.